The highest BCUT2D eigenvalue weighted by Gasteiger charge is 2.33. The van der Waals surface area contributed by atoms with Crippen molar-refractivity contribution in [2.75, 3.05) is 26.9 Å². The molecule has 1 amide bonds. The van der Waals surface area contributed by atoms with Crippen molar-refractivity contribution in [2.24, 2.45) is 0 Å². The lowest BCUT2D eigenvalue weighted by Crippen LogP contribution is -2.44. The van der Waals surface area contributed by atoms with Crippen LogP contribution in [0.25, 0.3) is 10.8 Å². The smallest absolute Gasteiger partial charge is 0.255 e. The van der Waals surface area contributed by atoms with E-state index in [0.717, 1.165) is 10.8 Å². The normalized spacial score (nSPS) is 17.6. The van der Waals surface area contributed by atoms with Crippen molar-refractivity contribution < 1.29 is 18.8 Å². The lowest BCUT2D eigenvalue weighted by molar-refractivity contribution is -0.00566. The fourth-order valence-corrected chi connectivity index (χ4v) is 3.21. The Balaban J connectivity index is 1.68. The first-order chi connectivity index (χ1) is 12.8. The van der Waals surface area contributed by atoms with E-state index in [0.29, 0.717) is 37.0 Å². The van der Waals surface area contributed by atoms with Crippen molar-refractivity contribution in [3.8, 4) is 0 Å². The molecule has 0 spiro atoms. The maximum absolute atomic E-state index is 13.3. The van der Waals surface area contributed by atoms with Crippen LogP contribution in [0.15, 0.2) is 47.0 Å². The summed E-state index contributed by atoms with van der Waals surface area (Å²) in [5, 5.41) is 5.97. The largest absolute Gasteiger partial charge is 0.377 e. The molecule has 26 heavy (non-hydrogen) atoms. The molecule has 7 heteroatoms. The molecule has 0 radical (unpaired) electrons. The highest BCUT2D eigenvalue weighted by atomic mass is 16.5. The van der Waals surface area contributed by atoms with Gasteiger partial charge < -0.3 is 18.9 Å². The summed E-state index contributed by atoms with van der Waals surface area (Å²) in [6.45, 7) is 1.52. The molecule has 1 saturated heterocycles. The van der Waals surface area contributed by atoms with Crippen molar-refractivity contribution in [3.05, 3.63) is 59.7 Å². The average molecular weight is 353 g/mol. The number of ether oxygens (including phenoxy) is 2. The molecule has 134 valence electrons. The van der Waals surface area contributed by atoms with Gasteiger partial charge in [-0.3, -0.25) is 4.79 Å². The zero-order chi connectivity index (χ0) is 17.9. The molecular weight excluding hydrogens is 334 g/mol. The van der Waals surface area contributed by atoms with Gasteiger partial charge in [-0.1, -0.05) is 41.6 Å². The number of hydrogen-bond acceptors (Lipinski definition) is 6. The Morgan fingerprint density at radius 2 is 2.12 bits per heavy atom. The average Bonchev–Trinajstić information content (AvgIpc) is 3.16. The van der Waals surface area contributed by atoms with Crippen molar-refractivity contribution in [1.82, 2.24) is 15.0 Å². The molecule has 1 aliphatic rings. The molecular formula is C19H19N3O4. The van der Waals surface area contributed by atoms with Gasteiger partial charge in [-0.2, -0.15) is 4.98 Å². The minimum atomic E-state index is -0.385. The maximum atomic E-state index is 13.3. The summed E-state index contributed by atoms with van der Waals surface area (Å²) in [7, 11) is 1.56. The Morgan fingerprint density at radius 3 is 3.00 bits per heavy atom. The van der Waals surface area contributed by atoms with Gasteiger partial charge in [0.1, 0.15) is 12.6 Å². The molecule has 0 bridgehead atoms. The van der Waals surface area contributed by atoms with Gasteiger partial charge in [-0.05, 0) is 16.8 Å². The van der Waals surface area contributed by atoms with E-state index in [-0.39, 0.29) is 18.6 Å². The molecule has 4 rings (SSSR count). The fraction of sp³-hybridized carbons (Fsp3) is 0.316. The summed E-state index contributed by atoms with van der Waals surface area (Å²) in [4.78, 5) is 19.4. The number of rotatable bonds is 4. The highest BCUT2D eigenvalue weighted by Crippen LogP contribution is 2.27. The lowest BCUT2D eigenvalue weighted by Gasteiger charge is -2.34. The van der Waals surface area contributed by atoms with Gasteiger partial charge in [0, 0.05) is 19.2 Å². The highest BCUT2D eigenvalue weighted by molar-refractivity contribution is 6.07. The molecule has 3 aromatic rings. The minimum Gasteiger partial charge on any atom is -0.377 e. The van der Waals surface area contributed by atoms with Crippen molar-refractivity contribution in [1.29, 1.82) is 0 Å². The summed E-state index contributed by atoms with van der Waals surface area (Å²) >= 11 is 0. The first-order valence-corrected chi connectivity index (χ1v) is 8.46. The van der Waals surface area contributed by atoms with Crippen LogP contribution in [0.2, 0.25) is 0 Å². The lowest BCUT2D eigenvalue weighted by atomic mass is 10.0. The predicted octanol–water partition coefficient (Wildman–Crippen LogP) is 2.58. The van der Waals surface area contributed by atoms with Crippen molar-refractivity contribution in [2.45, 2.75) is 12.6 Å². The topological polar surface area (TPSA) is 77.7 Å². The third-order valence-electron chi connectivity index (χ3n) is 4.46. The molecule has 1 fully saturated rings. The molecule has 0 unspecified atom stereocenters. The van der Waals surface area contributed by atoms with E-state index in [1.165, 1.54) is 0 Å². The zero-order valence-electron chi connectivity index (χ0n) is 14.4. The second kappa shape index (κ2) is 7.23. The van der Waals surface area contributed by atoms with Crippen molar-refractivity contribution in [3.63, 3.8) is 0 Å². The van der Waals surface area contributed by atoms with Gasteiger partial charge in [0.05, 0.1) is 13.2 Å². The number of aromatic nitrogens is 2. The Labute approximate surface area is 150 Å². The molecule has 1 aliphatic heterocycles. The Morgan fingerprint density at radius 1 is 1.27 bits per heavy atom. The predicted molar refractivity (Wildman–Crippen MR) is 93.6 cm³/mol. The van der Waals surface area contributed by atoms with Crippen molar-refractivity contribution >= 4 is 16.7 Å². The molecule has 1 atom stereocenters. The summed E-state index contributed by atoms with van der Waals surface area (Å²) in [5.41, 5.74) is 0.663. The first kappa shape index (κ1) is 16.7. The second-order valence-corrected chi connectivity index (χ2v) is 6.10. The third-order valence-corrected chi connectivity index (χ3v) is 4.46. The van der Waals surface area contributed by atoms with Crippen LogP contribution in [0.1, 0.15) is 28.1 Å². The number of carbonyl (C=O) groups excluding carboxylic acids is 1. The fourth-order valence-electron chi connectivity index (χ4n) is 3.21. The number of fused-ring (bicyclic) bond motifs is 1. The number of benzene rings is 2. The van der Waals surface area contributed by atoms with Crippen LogP contribution in [-0.2, 0) is 16.1 Å². The van der Waals surface area contributed by atoms with Gasteiger partial charge in [-0.25, -0.2) is 0 Å². The number of carbonyl (C=O) groups is 1. The summed E-state index contributed by atoms with van der Waals surface area (Å²) in [5.74, 6) is 0.754. The number of hydrogen-bond donors (Lipinski definition) is 0. The number of amides is 1. The van der Waals surface area contributed by atoms with Crippen LogP contribution in [0.3, 0.4) is 0 Å². The monoisotopic (exact) mass is 353 g/mol. The van der Waals surface area contributed by atoms with E-state index >= 15 is 0 Å². The minimum absolute atomic E-state index is 0.0619. The molecule has 0 saturated carbocycles. The second-order valence-electron chi connectivity index (χ2n) is 6.10. The third kappa shape index (κ3) is 3.07. The number of methoxy groups -OCH3 is 1. The quantitative estimate of drug-likeness (QED) is 0.717. The maximum Gasteiger partial charge on any atom is 0.255 e. The van der Waals surface area contributed by atoms with E-state index in [9.17, 15) is 4.79 Å². The van der Waals surface area contributed by atoms with E-state index in [4.69, 9.17) is 14.0 Å². The number of nitrogens with zero attached hydrogens (tertiary/aromatic N) is 3. The molecule has 7 nitrogen and oxygen atoms in total. The Bertz CT molecular complexity index is 919. The Kier molecular flexibility index (Phi) is 4.64. The molecule has 2 aromatic carbocycles. The summed E-state index contributed by atoms with van der Waals surface area (Å²) < 4.78 is 15.8. The van der Waals surface area contributed by atoms with Crippen LogP contribution >= 0.6 is 0 Å². The SMILES string of the molecule is COCc1nc([C@@H]2COCCN2C(=O)c2cccc3ccccc23)no1. The molecule has 1 aromatic heterocycles. The van der Waals surface area contributed by atoms with Crippen LogP contribution in [-0.4, -0.2) is 47.8 Å². The van der Waals surface area contributed by atoms with E-state index in [1.807, 2.05) is 42.5 Å². The number of morpholine rings is 1. The van der Waals surface area contributed by atoms with Gasteiger partial charge in [0.25, 0.3) is 11.8 Å². The van der Waals surface area contributed by atoms with Crippen LogP contribution in [0.5, 0.6) is 0 Å². The first-order valence-electron chi connectivity index (χ1n) is 8.46. The summed E-state index contributed by atoms with van der Waals surface area (Å²) in [6.07, 6.45) is 0. The zero-order valence-corrected chi connectivity index (χ0v) is 14.4. The molecule has 0 N–H and O–H groups in total. The van der Waals surface area contributed by atoms with E-state index in [2.05, 4.69) is 10.1 Å². The summed E-state index contributed by atoms with van der Waals surface area (Å²) in [6, 6.07) is 13.2. The molecule has 2 heterocycles. The van der Waals surface area contributed by atoms with Crippen LogP contribution < -0.4 is 0 Å². The van der Waals surface area contributed by atoms with Crippen LogP contribution in [0.4, 0.5) is 0 Å². The van der Waals surface area contributed by atoms with Gasteiger partial charge >= 0.3 is 0 Å². The van der Waals surface area contributed by atoms with E-state index in [1.54, 1.807) is 12.0 Å². The van der Waals surface area contributed by atoms with Crippen LogP contribution in [0, 0.1) is 0 Å². The van der Waals surface area contributed by atoms with Gasteiger partial charge in [0.15, 0.2) is 5.82 Å². The van der Waals surface area contributed by atoms with Gasteiger partial charge in [0.2, 0.25) is 0 Å². The standard InChI is InChI=1S/C19H19N3O4/c1-24-12-17-20-18(21-26-17)16-11-25-10-9-22(16)19(23)15-8-4-6-13-5-2-3-7-14(13)15/h2-8,16H,9-12H2,1H3/t16-/m0/s1. The van der Waals surface area contributed by atoms with E-state index < -0.39 is 0 Å². The van der Waals surface area contributed by atoms with Gasteiger partial charge in [-0.15, -0.1) is 0 Å². The Hall–Kier alpha value is -2.77. The molecule has 0 aliphatic carbocycles.